The first kappa shape index (κ1) is 15.8. The van der Waals surface area contributed by atoms with Crippen molar-refractivity contribution in [1.82, 2.24) is 5.32 Å². The van der Waals surface area contributed by atoms with Gasteiger partial charge in [0.15, 0.2) is 0 Å². The number of carbonyl (C=O) groups is 2. The SMILES string of the molecule is CC(=O)Nc1ccc(/C=C(\C#N)C(=O)NC2CCCC2)cc1. The van der Waals surface area contributed by atoms with Crippen molar-refractivity contribution < 1.29 is 9.59 Å². The molecule has 22 heavy (non-hydrogen) atoms. The Bertz CT molecular complexity index is 620. The number of hydrogen-bond acceptors (Lipinski definition) is 3. The predicted molar refractivity (Wildman–Crippen MR) is 84.7 cm³/mol. The van der Waals surface area contributed by atoms with Crippen molar-refractivity contribution >= 4 is 23.6 Å². The standard InChI is InChI=1S/C17H19N3O2/c1-12(21)19-16-8-6-13(7-9-16)10-14(11-18)17(22)20-15-4-2-3-5-15/h6-10,15H,2-5H2,1H3,(H,19,21)(H,20,22)/b14-10+. The summed E-state index contributed by atoms with van der Waals surface area (Å²) in [5.41, 5.74) is 1.52. The zero-order chi connectivity index (χ0) is 15.9. The van der Waals surface area contributed by atoms with Crippen LogP contribution in [0.25, 0.3) is 6.08 Å². The molecule has 0 spiro atoms. The molecule has 1 aromatic carbocycles. The lowest BCUT2D eigenvalue weighted by atomic mass is 10.1. The highest BCUT2D eigenvalue weighted by Gasteiger charge is 2.19. The largest absolute Gasteiger partial charge is 0.349 e. The highest BCUT2D eigenvalue weighted by Crippen LogP contribution is 2.18. The molecule has 1 aromatic rings. The summed E-state index contributed by atoms with van der Waals surface area (Å²) in [4.78, 5) is 23.0. The Labute approximate surface area is 130 Å². The molecule has 0 aromatic heterocycles. The van der Waals surface area contributed by atoms with Crippen LogP contribution in [0.1, 0.15) is 38.2 Å². The van der Waals surface area contributed by atoms with E-state index in [-0.39, 0.29) is 23.4 Å². The molecule has 0 radical (unpaired) electrons. The molecule has 1 fully saturated rings. The first-order valence-corrected chi connectivity index (χ1v) is 7.39. The molecule has 2 amide bonds. The van der Waals surface area contributed by atoms with E-state index in [0.29, 0.717) is 5.69 Å². The highest BCUT2D eigenvalue weighted by molar-refractivity contribution is 6.01. The van der Waals surface area contributed by atoms with Gasteiger partial charge in [-0.1, -0.05) is 25.0 Å². The maximum Gasteiger partial charge on any atom is 0.262 e. The molecule has 5 nitrogen and oxygen atoms in total. The highest BCUT2D eigenvalue weighted by atomic mass is 16.2. The summed E-state index contributed by atoms with van der Waals surface area (Å²) < 4.78 is 0. The summed E-state index contributed by atoms with van der Waals surface area (Å²) in [5, 5.41) is 14.7. The Morgan fingerprint density at radius 1 is 1.23 bits per heavy atom. The summed E-state index contributed by atoms with van der Waals surface area (Å²) in [7, 11) is 0. The van der Waals surface area contributed by atoms with E-state index in [1.165, 1.54) is 6.92 Å². The molecule has 2 rings (SSSR count). The fraction of sp³-hybridized carbons (Fsp3) is 0.353. The fourth-order valence-electron chi connectivity index (χ4n) is 2.51. The summed E-state index contributed by atoms with van der Waals surface area (Å²) >= 11 is 0. The van der Waals surface area contributed by atoms with E-state index in [4.69, 9.17) is 5.26 Å². The van der Waals surface area contributed by atoms with Crippen LogP contribution in [0, 0.1) is 11.3 Å². The molecule has 2 N–H and O–H groups in total. The number of anilines is 1. The van der Waals surface area contributed by atoms with E-state index in [1.807, 2.05) is 6.07 Å². The van der Waals surface area contributed by atoms with Crippen molar-refractivity contribution in [1.29, 1.82) is 5.26 Å². The van der Waals surface area contributed by atoms with Crippen molar-refractivity contribution in [3.8, 4) is 6.07 Å². The van der Waals surface area contributed by atoms with E-state index in [1.54, 1.807) is 30.3 Å². The smallest absolute Gasteiger partial charge is 0.262 e. The monoisotopic (exact) mass is 297 g/mol. The summed E-state index contributed by atoms with van der Waals surface area (Å²) in [6, 6.07) is 9.11. The topological polar surface area (TPSA) is 82.0 Å². The van der Waals surface area contributed by atoms with Gasteiger partial charge in [-0.15, -0.1) is 0 Å². The molecular weight excluding hydrogens is 278 g/mol. The zero-order valence-corrected chi connectivity index (χ0v) is 12.6. The van der Waals surface area contributed by atoms with Gasteiger partial charge in [0.25, 0.3) is 5.91 Å². The van der Waals surface area contributed by atoms with Gasteiger partial charge in [-0.05, 0) is 36.6 Å². The van der Waals surface area contributed by atoms with E-state index < -0.39 is 0 Å². The van der Waals surface area contributed by atoms with Crippen LogP contribution in [0.2, 0.25) is 0 Å². The molecule has 0 aliphatic heterocycles. The fourth-order valence-corrected chi connectivity index (χ4v) is 2.51. The Morgan fingerprint density at radius 3 is 2.41 bits per heavy atom. The van der Waals surface area contributed by atoms with Crippen molar-refractivity contribution in [3.05, 3.63) is 35.4 Å². The van der Waals surface area contributed by atoms with Crippen molar-refractivity contribution in [2.45, 2.75) is 38.6 Å². The molecule has 1 aliphatic rings. The van der Waals surface area contributed by atoms with Gasteiger partial charge in [0.05, 0.1) is 0 Å². The minimum Gasteiger partial charge on any atom is -0.349 e. The van der Waals surface area contributed by atoms with Gasteiger partial charge in [-0.3, -0.25) is 9.59 Å². The Morgan fingerprint density at radius 2 is 1.86 bits per heavy atom. The van der Waals surface area contributed by atoms with Crippen LogP contribution in [-0.4, -0.2) is 17.9 Å². The van der Waals surface area contributed by atoms with Gasteiger partial charge in [0.1, 0.15) is 11.6 Å². The second kappa shape index (κ2) is 7.41. The number of nitrogens with one attached hydrogen (secondary N) is 2. The summed E-state index contributed by atoms with van der Waals surface area (Å²) in [5.74, 6) is -0.461. The lowest BCUT2D eigenvalue weighted by molar-refractivity contribution is -0.117. The molecule has 0 saturated heterocycles. The third-order valence-electron chi connectivity index (χ3n) is 3.60. The number of benzene rings is 1. The predicted octanol–water partition coefficient (Wildman–Crippen LogP) is 2.61. The molecular formula is C17H19N3O2. The second-order valence-corrected chi connectivity index (χ2v) is 5.43. The van der Waals surface area contributed by atoms with E-state index in [2.05, 4.69) is 10.6 Å². The maximum absolute atomic E-state index is 12.1. The normalized spacial score (nSPS) is 15.2. The van der Waals surface area contributed by atoms with Gasteiger partial charge in [0, 0.05) is 18.7 Å². The van der Waals surface area contributed by atoms with E-state index in [0.717, 1.165) is 31.2 Å². The van der Waals surface area contributed by atoms with Gasteiger partial charge in [-0.2, -0.15) is 5.26 Å². The van der Waals surface area contributed by atoms with Crippen LogP contribution in [-0.2, 0) is 9.59 Å². The van der Waals surface area contributed by atoms with Crippen LogP contribution < -0.4 is 10.6 Å². The minimum atomic E-state index is -0.319. The third-order valence-corrected chi connectivity index (χ3v) is 3.60. The van der Waals surface area contributed by atoms with Crippen LogP contribution in [0.5, 0.6) is 0 Å². The van der Waals surface area contributed by atoms with E-state index >= 15 is 0 Å². The van der Waals surface area contributed by atoms with E-state index in [9.17, 15) is 9.59 Å². The first-order valence-electron chi connectivity index (χ1n) is 7.39. The molecule has 0 unspecified atom stereocenters. The Balaban J connectivity index is 2.05. The Kier molecular flexibility index (Phi) is 5.31. The number of rotatable bonds is 4. The van der Waals surface area contributed by atoms with Crippen LogP contribution in [0.3, 0.4) is 0 Å². The number of nitriles is 1. The summed E-state index contributed by atoms with van der Waals surface area (Å²) in [6.45, 7) is 1.44. The van der Waals surface area contributed by atoms with Gasteiger partial charge in [-0.25, -0.2) is 0 Å². The molecule has 0 atom stereocenters. The minimum absolute atomic E-state index is 0.0965. The molecule has 0 bridgehead atoms. The molecule has 1 aliphatic carbocycles. The number of nitrogens with zero attached hydrogens (tertiary/aromatic N) is 1. The zero-order valence-electron chi connectivity index (χ0n) is 12.6. The van der Waals surface area contributed by atoms with Crippen molar-refractivity contribution in [3.63, 3.8) is 0 Å². The maximum atomic E-state index is 12.1. The molecule has 0 heterocycles. The van der Waals surface area contributed by atoms with Crippen molar-refractivity contribution in [2.24, 2.45) is 0 Å². The lowest BCUT2D eigenvalue weighted by Crippen LogP contribution is -2.33. The van der Waals surface area contributed by atoms with Gasteiger partial charge in [0.2, 0.25) is 5.91 Å². The molecule has 114 valence electrons. The quantitative estimate of drug-likeness (QED) is 0.662. The lowest BCUT2D eigenvalue weighted by Gasteiger charge is -2.11. The second-order valence-electron chi connectivity index (χ2n) is 5.43. The van der Waals surface area contributed by atoms with Crippen LogP contribution >= 0.6 is 0 Å². The van der Waals surface area contributed by atoms with Crippen molar-refractivity contribution in [2.75, 3.05) is 5.32 Å². The summed E-state index contributed by atoms with van der Waals surface area (Å²) in [6.07, 6.45) is 5.77. The number of carbonyl (C=O) groups excluding carboxylic acids is 2. The molecule has 1 saturated carbocycles. The average Bonchev–Trinajstić information content (AvgIpc) is 2.98. The third kappa shape index (κ3) is 4.45. The van der Waals surface area contributed by atoms with Gasteiger partial charge < -0.3 is 10.6 Å². The molecule has 5 heteroatoms. The first-order chi connectivity index (χ1) is 10.6. The van der Waals surface area contributed by atoms with Crippen LogP contribution in [0.15, 0.2) is 29.8 Å². The van der Waals surface area contributed by atoms with Crippen LogP contribution in [0.4, 0.5) is 5.69 Å². The Hall–Kier alpha value is -2.61. The average molecular weight is 297 g/mol. The number of hydrogen-bond donors (Lipinski definition) is 2. The number of amides is 2. The van der Waals surface area contributed by atoms with Gasteiger partial charge >= 0.3 is 0 Å².